The van der Waals surface area contributed by atoms with Gasteiger partial charge in [-0.2, -0.15) is 0 Å². The second kappa shape index (κ2) is 3.64. The monoisotopic (exact) mass is 232 g/mol. The molecule has 72 valence electrons. The second-order valence-corrected chi connectivity index (χ2v) is 10.2. The van der Waals surface area contributed by atoms with Gasteiger partial charge in [0.2, 0.25) is 0 Å². The van der Waals surface area contributed by atoms with Gasteiger partial charge in [-0.05, 0) is 29.8 Å². The van der Waals surface area contributed by atoms with Gasteiger partial charge in [-0.3, -0.25) is 0 Å². The highest BCUT2D eigenvalue weighted by Crippen LogP contribution is 2.21. The van der Waals surface area contributed by atoms with E-state index in [0.717, 1.165) is 15.6 Å². The van der Waals surface area contributed by atoms with Crippen LogP contribution in [0.3, 0.4) is 0 Å². The van der Waals surface area contributed by atoms with Crippen LogP contribution in [-0.4, -0.2) is 8.07 Å². The molecule has 0 amide bonds. The van der Waals surface area contributed by atoms with Gasteiger partial charge in [0.05, 0.1) is 8.07 Å². The number of rotatable bonds is 1. The molecule has 0 spiro atoms. The Kier molecular flexibility index (Phi) is 3.11. The van der Waals surface area contributed by atoms with Gasteiger partial charge < -0.3 is 0 Å². The lowest BCUT2D eigenvalue weighted by molar-refractivity contribution is 1.48. The first-order valence-electron chi connectivity index (χ1n) is 4.28. The summed E-state index contributed by atoms with van der Waals surface area (Å²) in [6, 6.07) is 3.97. The molecule has 0 aliphatic rings. The fourth-order valence-electron chi connectivity index (χ4n) is 1.42. The molecule has 1 rings (SSSR count). The van der Waals surface area contributed by atoms with E-state index in [0.29, 0.717) is 0 Å². The second-order valence-electron chi connectivity index (χ2n) is 4.35. The topological polar surface area (TPSA) is 0 Å². The van der Waals surface area contributed by atoms with Crippen LogP contribution >= 0.6 is 23.2 Å². The summed E-state index contributed by atoms with van der Waals surface area (Å²) < 4.78 is 0. The SMILES string of the molecule is Cc1cc(Cl)c([Si](C)(C)C)c(Cl)c1. The van der Waals surface area contributed by atoms with Crippen LogP contribution in [0.15, 0.2) is 12.1 Å². The van der Waals surface area contributed by atoms with E-state index in [2.05, 4.69) is 19.6 Å². The molecule has 1 aromatic rings. The normalized spacial score (nSPS) is 11.8. The van der Waals surface area contributed by atoms with Crippen molar-refractivity contribution < 1.29 is 0 Å². The van der Waals surface area contributed by atoms with Crippen LogP contribution < -0.4 is 5.19 Å². The molecule has 0 aliphatic carbocycles. The van der Waals surface area contributed by atoms with Crippen molar-refractivity contribution in [3.63, 3.8) is 0 Å². The summed E-state index contributed by atoms with van der Waals surface area (Å²) in [6.45, 7) is 8.74. The molecule has 0 aliphatic heterocycles. The highest BCUT2D eigenvalue weighted by atomic mass is 35.5. The van der Waals surface area contributed by atoms with Crippen LogP contribution in [0.4, 0.5) is 0 Å². The van der Waals surface area contributed by atoms with Crippen LogP contribution in [0.5, 0.6) is 0 Å². The van der Waals surface area contributed by atoms with Gasteiger partial charge in [0.1, 0.15) is 0 Å². The molecule has 0 saturated carbocycles. The van der Waals surface area contributed by atoms with Crippen molar-refractivity contribution >= 4 is 36.5 Å². The van der Waals surface area contributed by atoms with Gasteiger partial charge >= 0.3 is 0 Å². The molecule has 0 N–H and O–H groups in total. The van der Waals surface area contributed by atoms with Crippen molar-refractivity contribution in [3.05, 3.63) is 27.7 Å². The molecule has 1 aromatic carbocycles. The Morgan fingerprint density at radius 1 is 1.00 bits per heavy atom. The van der Waals surface area contributed by atoms with E-state index in [1.165, 1.54) is 5.19 Å². The zero-order chi connectivity index (χ0) is 10.2. The smallest absolute Gasteiger partial charge is 0.0815 e. The van der Waals surface area contributed by atoms with Crippen LogP contribution in [-0.2, 0) is 0 Å². The first-order valence-corrected chi connectivity index (χ1v) is 8.54. The summed E-state index contributed by atoms with van der Waals surface area (Å²) in [5, 5.41) is 2.81. The molecule has 13 heavy (non-hydrogen) atoms. The summed E-state index contributed by atoms with van der Waals surface area (Å²) in [5.41, 5.74) is 1.12. The first-order chi connectivity index (χ1) is 5.82. The van der Waals surface area contributed by atoms with Crippen LogP contribution in [0.1, 0.15) is 5.56 Å². The fourth-order valence-corrected chi connectivity index (χ4v) is 5.29. The zero-order valence-electron chi connectivity index (χ0n) is 8.41. The van der Waals surface area contributed by atoms with Crippen molar-refractivity contribution in [3.8, 4) is 0 Å². The van der Waals surface area contributed by atoms with Crippen LogP contribution in [0.2, 0.25) is 29.7 Å². The minimum absolute atomic E-state index is 0.823. The first kappa shape index (κ1) is 11.1. The van der Waals surface area contributed by atoms with Crippen molar-refractivity contribution in [2.75, 3.05) is 0 Å². The lowest BCUT2D eigenvalue weighted by Gasteiger charge is -2.20. The quantitative estimate of drug-likeness (QED) is 0.646. The summed E-state index contributed by atoms with van der Waals surface area (Å²) >= 11 is 12.3. The molecular formula is C10H14Cl2Si. The third kappa shape index (κ3) is 2.49. The summed E-state index contributed by atoms with van der Waals surface area (Å²) in [7, 11) is -1.41. The van der Waals surface area contributed by atoms with Crippen molar-refractivity contribution in [1.82, 2.24) is 0 Å². The van der Waals surface area contributed by atoms with Gasteiger partial charge in [-0.25, -0.2) is 0 Å². The van der Waals surface area contributed by atoms with Gasteiger partial charge in [0.25, 0.3) is 0 Å². The van der Waals surface area contributed by atoms with Crippen molar-refractivity contribution in [2.45, 2.75) is 26.6 Å². The molecule has 0 fully saturated rings. The molecule has 0 nitrogen and oxygen atoms in total. The van der Waals surface area contributed by atoms with E-state index < -0.39 is 8.07 Å². The summed E-state index contributed by atoms with van der Waals surface area (Å²) in [4.78, 5) is 0. The average molecular weight is 233 g/mol. The van der Waals surface area contributed by atoms with Gasteiger partial charge in [-0.15, -0.1) is 0 Å². The molecule has 0 atom stereocenters. The predicted molar refractivity (Wildman–Crippen MR) is 64.2 cm³/mol. The van der Waals surface area contributed by atoms with E-state index in [1.807, 2.05) is 19.1 Å². The number of hydrogen-bond acceptors (Lipinski definition) is 0. The summed E-state index contributed by atoms with van der Waals surface area (Å²) in [6.07, 6.45) is 0. The summed E-state index contributed by atoms with van der Waals surface area (Å²) in [5.74, 6) is 0. The highest BCUT2D eigenvalue weighted by Gasteiger charge is 2.22. The Labute approximate surface area is 90.9 Å². The van der Waals surface area contributed by atoms with Gasteiger partial charge in [0.15, 0.2) is 0 Å². The lowest BCUT2D eigenvalue weighted by Crippen LogP contribution is -2.39. The molecule has 0 heterocycles. The lowest BCUT2D eigenvalue weighted by atomic mass is 10.2. The Morgan fingerprint density at radius 3 is 1.69 bits per heavy atom. The van der Waals surface area contributed by atoms with Crippen LogP contribution in [0.25, 0.3) is 0 Å². The average Bonchev–Trinajstić information content (AvgIpc) is 1.78. The van der Waals surface area contributed by atoms with Crippen LogP contribution in [0, 0.1) is 6.92 Å². The molecule has 0 saturated heterocycles. The standard InChI is InChI=1S/C10H14Cl2Si/c1-7-5-8(11)10(9(12)6-7)13(2,3)4/h5-6H,1-4H3. The van der Waals surface area contributed by atoms with E-state index in [-0.39, 0.29) is 0 Å². The number of halogens is 2. The van der Waals surface area contributed by atoms with E-state index in [1.54, 1.807) is 0 Å². The third-order valence-electron chi connectivity index (χ3n) is 1.94. The Bertz CT molecular complexity index is 303. The molecule has 3 heteroatoms. The molecular weight excluding hydrogens is 219 g/mol. The maximum atomic E-state index is 6.17. The predicted octanol–water partition coefficient (Wildman–Crippen LogP) is 3.85. The minimum atomic E-state index is -1.41. The number of aryl methyl sites for hydroxylation is 1. The zero-order valence-corrected chi connectivity index (χ0v) is 10.9. The minimum Gasteiger partial charge on any atom is -0.0844 e. The maximum absolute atomic E-state index is 6.17. The van der Waals surface area contributed by atoms with E-state index >= 15 is 0 Å². The van der Waals surface area contributed by atoms with Gasteiger partial charge in [-0.1, -0.05) is 42.8 Å². The Hall–Kier alpha value is 0.0169. The van der Waals surface area contributed by atoms with E-state index in [9.17, 15) is 0 Å². The van der Waals surface area contributed by atoms with Gasteiger partial charge in [0, 0.05) is 10.0 Å². The molecule has 0 radical (unpaired) electrons. The van der Waals surface area contributed by atoms with Crippen molar-refractivity contribution in [2.24, 2.45) is 0 Å². The Morgan fingerprint density at radius 2 is 1.38 bits per heavy atom. The molecule has 0 bridgehead atoms. The molecule has 0 unspecified atom stereocenters. The number of benzene rings is 1. The third-order valence-corrected chi connectivity index (χ3v) is 4.89. The highest BCUT2D eigenvalue weighted by molar-refractivity contribution is 6.91. The number of hydrogen-bond donors (Lipinski definition) is 0. The fraction of sp³-hybridized carbons (Fsp3) is 0.400. The van der Waals surface area contributed by atoms with Crippen molar-refractivity contribution in [1.29, 1.82) is 0 Å². The van der Waals surface area contributed by atoms with E-state index in [4.69, 9.17) is 23.2 Å². The molecule has 0 aromatic heterocycles. The largest absolute Gasteiger partial charge is 0.0844 e. The Balaban J connectivity index is 3.38. The maximum Gasteiger partial charge on any atom is 0.0815 e.